The molecule has 0 aliphatic carbocycles. The van der Waals surface area contributed by atoms with E-state index in [9.17, 15) is 9.90 Å². The summed E-state index contributed by atoms with van der Waals surface area (Å²) >= 11 is 0. The number of cyclic esters (lactones) is 1. The third-order valence-corrected chi connectivity index (χ3v) is 1.87. The molecule has 0 aromatic rings. The molecule has 0 radical (unpaired) electrons. The zero-order valence-electron chi connectivity index (χ0n) is 7.16. The number of carbonyl (C=O) groups is 1. The number of carbonyl (C=O) groups excluding carboxylic acids is 1. The Balaban J connectivity index is 2.46. The highest BCUT2D eigenvalue weighted by atomic mass is 16.6. The van der Waals surface area contributed by atoms with Gasteiger partial charge in [-0.3, -0.25) is 4.79 Å². The van der Waals surface area contributed by atoms with Crippen LogP contribution in [0, 0.1) is 0 Å². The molecule has 0 aromatic carbocycles. The lowest BCUT2D eigenvalue weighted by molar-refractivity contribution is -0.153. The molecule has 1 N–H and O–H groups in total. The molecule has 0 saturated carbocycles. The lowest BCUT2D eigenvalue weighted by Gasteiger charge is -2.17. The number of ether oxygens (including phenoxy) is 2. The van der Waals surface area contributed by atoms with Gasteiger partial charge in [0, 0.05) is 13.0 Å². The van der Waals surface area contributed by atoms with Gasteiger partial charge in [0.25, 0.3) is 0 Å². The van der Waals surface area contributed by atoms with Crippen LogP contribution in [0.4, 0.5) is 0 Å². The van der Waals surface area contributed by atoms with Crippen molar-refractivity contribution in [2.24, 2.45) is 0 Å². The SMILES string of the molecule is C[C@@H]1OC(=O)CCOCC[C@H]1O. The Bertz CT molecular complexity index is 157. The molecule has 1 saturated heterocycles. The highest BCUT2D eigenvalue weighted by Gasteiger charge is 2.19. The van der Waals surface area contributed by atoms with Crippen LogP contribution in [0.5, 0.6) is 0 Å². The van der Waals surface area contributed by atoms with E-state index in [2.05, 4.69) is 0 Å². The minimum absolute atomic E-state index is 0.275. The molecule has 2 atom stereocenters. The third kappa shape index (κ3) is 2.79. The molecular formula is C8H14O4. The highest BCUT2D eigenvalue weighted by molar-refractivity contribution is 5.69. The molecule has 4 heteroatoms. The molecule has 4 nitrogen and oxygen atoms in total. The van der Waals surface area contributed by atoms with Crippen molar-refractivity contribution in [3.05, 3.63) is 0 Å². The van der Waals surface area contributed by atoms with Crippen molar-refractivity contribution in [1.29, 1.82) is 0 Å². The number of hydrogen-bond acceptors (Lipinski definition) is 4. The van der Waals surface area contributed by atoms with Crippen molar-refractivity contribution in [3.63, 3.8) is 0 Å². The fourth-order valence-corrected chi connectivity index (χ4v) is 1.04. The summed E-state index contributed by atoms with van der Waals surface area (Å²) in [4.78, 5) is 10.9. The van der Waals surface area contributed by atoms with Crippen LogP contribution in [-0.4, -0.2) is 36.5 Å². The average Bonchev–Trinajstić information content (AvgIpc) is 2.07. The van der Waals surface area contributed by atoms with Gasteiger partial charge >= 0.3 is 5.97 Å². The number of aliphatic hydroxyl groups is 1. The Morgan fingerprint density at radius 3 is 3.00 bits per heavy atom. The Morgan fingerprint density at radius 2 is 2.25 bits per heavy atom. The average molecular weight is 174 g/mol. The van der Waals surface area contributed by atoms with E-state index in [1.807, 2.05) is 0 Å². The maximum Gasteiger partial charge on any atom is 0.308 e. The molecule has 12 heavy (non-hydrogen) atoms. The van der Waals surface area contributed by atoms with E-state index < -0.39 is 12.2 Å². The zero-order chi connectivity index (χ0) is 8.97. The van der Waals surface area contributed by atoms with Crippen molar-refractivity contribution < 1.29 is 19.4 Å². The number of rotatable bonds is 0. The normalized spacial score (nSPS) is 33.0. The fourth-order valence-electron chi connectivity index (χ4n) is 1.04. The van der Waals surface area contributed by atoms with E-state index in [1.54, 1.807) is 6.92 Å². The number of aliphatic hydroxyl groups excluding tert-OH is 1. The molecular weight excluding hydrogens is 160 g/mol. The van der Waals surface area contributed by atoms with Gasteiger partial charge in [-0.05, 0) is 6.92 Å². The van der Waals surface area contributed by atoms with E-state index in [0.29, 0.717) is 19.6 Å². The fraction of sp³-hybridized carbons (Fsp3) is 0.875. The van der Waals surface area contributed by atoms with E-state index in [1.165, 1.54) is 0 Å². The maximum atomic E-state index is 10.9. The predicted octanol–water partition coefficient (Wildman–Crippen LogP) is 0.0894. The van der Waals surface area contributed by atoms with E-state index in [4.69, 9.17) is 9.47 Å². The summed E-state index contributed by atoms with van der Waals surface area (Å²) in [6, 6.07) is 0. The van der Waals surface area contributed by atoms with Gasteiger partial charge in [0.15, 0.2) is 0 Å². The molecule has 0 amide bonds. The molecule has 0 aromatic heterocycles. The van der Waals surface area contributed by atoms with Crippen LogP contribution in [0.1, 0.15) is 19.8 Å². The van der Waals surface area contributed by atoms with Gasteiger partial charge in [-0.2, -0.15) is 0 Å². The lowest BCUT2D eigenvalue weighted by atomic mass is 10.2. The predicted molar refractivity (Wildman–Crippen MR) is 41.6 cm³/mol. The molecule has 1 aliphatic heterocycles. The van der Waals surface area contributed by atoms with Crippen LogP contribution in [-0.2, 0) is 14.3 Å². The third-order valence-electron chi connectivity index (χ3n) is 1.87. The van der Waals surface area contributed by atoms with Gasteiger partial charge in [-0.1, -0.05) is 0 Å². The second-order valence-electron chi connectivity index (χ2n) is 2.91. The summed E-state index contributed by atoms with van der Waals surface area (Å²) in [6.07, 6.45) is -0.225. The molecule has 1 aliphatic rings. The second kappa shape index (κ2) is 4.42. The van der Waals surface area contributed by atoms with E-state index >= 15 is 0 Å². The molecule has 70 valence electrons. The van der Waals surface area contributed by atoms with Gasteiger partial charge in [0.05, 0.1) is 19.1 Å². The molecule has 1 rings (SSSR count). The van der Waals surface area contributed by atoms with Crippen LogP contribution in [0.3, 0.4) is 0 Å². The monoisotopic (exact) mass is 174 g/mol. The lowest BCUT2D eigenvalue weighted by Crippen LogP contribution is -2.28. The largest absolute Gasteiger partial charge is 0.460 e. The van der Waals surface area contributed by atoms with Gasteiger partial charge in [0.1, 0.15) is 6.10 Å². The molecule has 1 fully saturated rings. The quantitative estimate of drug-likeness (QED) is 0.529. The van der Waals surface area contributed by atoms with Crippen LogP contribution in [0.15, 0.2) is 0 Å². The van der Waals surface area contributed by atoms with E-state index in [-0.39, 0.29) is 12.4 Å². The van der Waals surface area contributed by atoms with Gasteiger partial charge < -0.3 is 14.6 Å². The molecule has 0 bridgehead atoms. The van der Waals surface area contributed by atoms with Gasteiger partial charge in [-0.15, -0.1) is 0 Å². The number of hydrogen-bond donors (Lipinski definition) is 1. The summed E-state index contributed by atoms with van der Waals surface area (Å²) < 4.78 is 10.00. The topological polar surface area (TPSA) is 55.8 Å². The second-order valence-corrected chi connectivity index (χ2v) is 2.91. The Kier molecular flexibility index (Phi) is 3.49. The Morgan fingerprint density at radius 1 is 1.50 bits per heavy atom. The first-order valence-electron chi connectivity index (χ1n) is 4.15. The smallest absolute Gasteiger partial charge is 0.308 e. The maximum absolute atomic E-state index is 10.9. The molecule has 0 unspecified atom stereocenters. The van der Waals surface area contributed by atoms with Gasteiger partial charge in [-0.25, -0.2) is 0 Å². The van der Waals surface area contributed by atoms with Gasteiger partial charge in [0.2, 0.25) is 0 Å². The minimum Gasteiger partial charge on any atom is -0.460 e. The summed E-state index contributed by atoms with van der Waals surface area (Å²) in [5.41, 5.74) is 0. The summed E-state index contributed by atoms with van der Waals surface area (Å²) in [5, 5.41) is 9.37. The Hall–Kier alpha value is -0.610. The Labute approximate surface area is 71.5 Å². The minimum atomic E-state index is -0.605. The number of esters is 1. The van der Waals surface area contributed by atoms with Crippen molar-refractivity contribution in [2.75, 3.05) is 13.2 Å². The van der Waals surface area contributed by atoms with Crippen LogP contribution in [0.25, 0.3) is 0 Å². The summed E-state index contributed by atoms with van der Waals surface area (Å²) in [7, 11) is 0. The first-order valence-corrected chi connectivity index (χ1v) is 4.15. The van der Waals surface area contributed by atoms with Crippen LogP contribution >= 0.6 is 0 Å². The van der Waals surface area contributed by atoms with E-state index in [0.717, 1.165) is 0 Å². The van der Waals surface area contributed by atoms with Crippen molar-refractivity contribution >= 4 is 5.97 Å². The molecule has 0 spiro atoms. The summed E-state index contributed by atoms with van der Waals surface area (Å²) in [6.45, 7) is 2.56. The highest BCUT2D eigenvalue weighted by Crippen LogP contribution is 2.07. The standard InChI is InChI=1S/C8H14O4/c1-6-7(9)2-4-11-5-3-8(10)12-6/h6-7,9H,2-5H2,1H3/t6-,7+/m0/s1. The van der Waals surface area contributed by atoms with Crippen molar-refractivity contribution in [3.8, 4) is 0 Å². The zero-order valence-corrected chi connectivity index (χ0v) is 7.16. The summed E-state index contributed by atoms with van der Waals surface area (Å²) in [5.74, 6) is -0.302. The van der Waals surface area contributed by atoms with Crippen molar-refractivity contribution in [2.45, 2.75) is 32.0 Å². The molecule has 1 heterocycles. The van der Waals surface area contributed by atoms with Crippen LogP contribution in [0.2, 0.25) is 0 Å². The first kappa shape index (κ1) is 9.48. The van der Waals surface area contributed by atoms with Crippen LogP contribution < -0.4 is 0 Å². The van der Waals surface area contributed by atoms with Crippen molar-refractivity contribution in [1.82, 2.24) is 0 Å². The first-order chi connectivity index (χ1) is 5.70.